The zero-order valence-electron chi connectivity index (χ0n) is 9.41. The number of benzene rings is 1. The van der Waals surface area contributed by atoms with E-state index in [4.69, 9.17) is 21.8 Å². The van der Waals surface area contributed by atoms with E-state index >= 15 is 0 Å². The van der Waals surface area contributed by atoms with Crippen LogP contribution in [0.5, 0.6) is 0 Å². The van der Waals surface area contributed by atoms with Gasteiger partial charge >= 0.3 is 0 Å². The van der Waals surface area contributed by atoms with Gasteiger partial charge in [0.05, 0.1) is 5.02 Å². The third kappa shape index (κ3) is 2.87. The van der Waals surface area contributed by atoms with Crippen molar-refractivity contribution in [3.63, 3.8) is 0 Å². The molecule has 0 aliphatic heterocycles. The zero-order chi connectivity index (χ0) is 12.4. The Morgan fingerprint density at radius 1 is 1.35 bits per heavy atom. The number of furan rings is 1. The van der Waals surface area contributed by atoms with Crippen LogP contribution < -0.4 is 5.73 Å². The van der Waals surface area contributed by atoms with Gasteiger partial charge in [-0.1, -0.05) is 11.6 Å². The van der Waals surface area contributed by atoms with Gasteiger partial charge in [0.2, 0.25) is 0 Å². The molecule has 0 fully saturated rings. The molecule has 4 heteroatoms. The first-order valence-corrected chi connectivity index (χ1v) is 5.74. The highest BCUT2D eigenvalue weighted by Crippen LogP contribution is 2.26. The van der Waals surface area contributed by atoms with Crippen LogP contribution >= 0.6 is 11.6 Å². The summed E-state index contributed by atoms with van der Waals surface area (Å²) in [5.41, 5.74) is 6.35. The van der Waals surface area contributed by atoms with Gasteiger partial charge in [-0.05, 0) is 37.3 Å². The monoisotopic (exact) mass is 253 g/mol. The van der Waals surface area contributed by atoms with E-state index in [1.165, 1.54) is 12.1 Å². The summed E-state index contributed by atoms with van der Waals surface area (Å²) in [6, 6.07) is 8.29. The summed E-state index contributed by atoms with van der Waals surface area (Å²) in [5.74, 6) is 0.968. The van der Waals surface area contributed by atoms with Gasteiger partial charge in [-0.3, -0.25) is 0 Å². The minimum absolute atomic E-state index is 0.0379. The third-order valence-corrected chi connectivity index (χ3v) is 2.70. The van der Waals surface area contributed by atoms with Crippen molar-refractivity contribution >= 4 is 11.6 Å². The molecule has 1 atom stereocenters. The molecule has 1 aromatic carbocycles. The average Bonchev–Trinajstić information content (AvgIpc) is 2.69. The van der Waals surface area contributed by atoms with Crippen molar-refractivity contribution in [2.45, 2.75) is 19.4 Å². The van der Waals surface area contributed by atoms with Gasteiger partial charge in [0.15, 0.2) is 0 Å². The van der Waals surface area contributed by atoms with Crippen molar-refractivity contribution in [3.05, 3.63) is 46.9 Å². The normalized spacial score (nSPS) is 12.7. The largest absolute Gasteiger partial charge is 0.461 e. The van der Waals surface area contributed by atoms with Crippen LogP contribution in [0.4, 0.5) is 4.39 Å². The van der Waals surface area contributed by atoms with Crippen LogP contribution in [0.15, 0.2) is 34.7 Å². The lowest BCUT2D eigenvalue weighted by Crippen LogP contribution is -2.17. The molecule has 1 aromatic heterocycles. The van der Waals surface area contributed by atoms with E-state index in [2.05, 4.69) is 0 Å². The smallest absolute Gasteiger partial charge is 0.142 e. The van der Waals surface area contributed by atoms with Crippen molar-refractivity contribution in [1.82, 2.24) is 0 Å². The Morgan fingerprint density at radius 2 is 2.12 bits per heavy atom. The van der Waals surface area contributed by atoms with E-state index < -0.39 is 5.82 Å². The van der Waals surface area contributed by atoms with Gasteiger partial charge in [-0.25, -0.2) is 4.39 Å². The van der Waals surface area contributed by atoms with E-state index in [9.17, 15) is 4.39 Å². The highest BCUT2D eigenvalue weighted by Gasteiger charge is 2.08. The number of hydrogen-bond donors (Lipinski definition) is 1. The maximum Gasteiger partial charge on any atom is 0.142 e. The van der Waals surface area contributed by atoms with Crippen LogP contribution in [0, 0.1) is 5.82 Å². The van der Waals surface area contributed by atoms with Gasteiger partial charge in [0.1, 0.15) is 17.3 Å². The van der Waals surface area contributed by atoms with Crippen LogP contribution in [-0.4, -0.2) is 6.04 Å². The molecule has 2 nitrogen and oxygen atoms in total. The van der Waals surface area contributed by atoms with Gasteiger partial charge in [0, 0.05) is 18.0 Å². The topological polar surface area (TPSA) is 39.2 Å². The lowest BCUT2D eigenvalue weighted by atomic mass is 10.2. The molecule has 2 rings (SSSR count). The van der Waals surface area contributed by atoms with Crippen molar-refractivity contribution < 1.29 is 8.81 Å². The minimum atomic E-state index is -0.450. The Morgan fingerprint density at radius 3 is 2.76 bits per heavy atom. The first-order valence-electron chi connectivity index (χ1n) is 5.36. The van der Waals surface area contributed by atoms with E-state index in [1.54, 1.807) is 12.1 Å². The summed E-state index contributed by atoms with van der Waals surface area (Å²) in [6.07, 6.45) is 0.663. The SMILES string of the molecule is CC(N)Cc1ccc(-c2ccc(Cl)c(F)c2)o1. The molecule has 0 spiro atoms. The molecule has 0 saturated heterocycles. The fourth-order valence-corrected chi connectivity index (χ4v) is 1.73. The molecule has 17 heavy (non-hydrogen) atoms. The molecule has 0 aliphatic rings. The van der Waals surface area contributed by atoms with Crippen molar-refractivity contribution in [2.24, 2.45) is 5.73 Å². The molecule has 0 saturated carbocycles. The van der Waals surface area contributed by atoms with Gasteiger partial charge in [0.25, 0.3) is 0 Å². The average molecular weight is 254 g/mol. The van der Waals surface area contributed by atoms with Crippen molar-refractivity contribution in [2.75, 3.05) is 0 Å². The molecule has 0 bridgehead atoms. The summed E-state index contributed by atoms with van der Waals surface area (Å²) in [6.45, 7) is 1.91. The Labute approximate surface area is 104 Å². The molecule has 0 amide bonds. The van der Waals surface area contributed by atoms with Crippen LogP contribution in [0.25, 0.3) is 11.3 Å². The lowest BCUT2D eigenvalue weighted by molar-refractivity contribution is 0.503. The fourth-order valence-electron chi connectivity index (χ4n) is 1.61. The molecule has 1 heterocycles. The zero-order valence-corrected chi connectivity index (χ0v) is 10.2. The van der Waals surface area contributed by atoms with Crippen LogP contribution in [0.1, 0.15) is 12.7 Å². The van der Waals surface area contributed by atoms with Gasteiger partial charge < -0.3 is 10.2 Å². The molecular formula is C13H13ClFNO. The minimum Gasteiger partial charge on any atom is -0.461 e. The van der Waals surface area contributed by atoms with E-state index in [1.807, 2.05) is 13.0 Å². The van der Waals surface area contributed by atoms with Gasteiger partial charge in [-0.15, -0.1) is 0 Å². The molecular weight excluding hydrogens is 241 g/mol. The molecule has 2 aromatic rings. The van der Waals surface area contributed by atoms with E-state index in [0.717, 1.165) is 5.76 Å². The Kier molecular flexibility index (Phi) is 3.50. The number of rotatable bonds is 3. The predicted molar refractivity (Wildman–Crippen MR) is 66.5 cm³/mol. The van der Waals surface area contributed by atoms with E-state index in [-0.39, 0.29) is 11.1 Å². The second kappa shape index (κ2) is 4.90. The van der Waals surface area contributed by atoms with Crippen LogP contribution in [0.3, 0.4) is 0 Å². The van der Waals surface area contributed by atoms with Gasteiger partial charge in [-0.2, -0.15) is 0 Å². The first-order chi connectivity index (χ1) is 8.06. The number of nitrogens with two attached hydrogens (primary N) is 1. The Hall–Kier alpha value is -1.32. The molecule has 90 valence electrons. The second-order valence-corrected chi connectivity index (χ2v) is 4.48. The summed E-state index contributed by atoms with van der Waals surface area (Å²) < 4.78 is 18.9. The van der Waals surface area contributed by atoms with Crippen LogP contribution in [-0.2, 0) is 6.42 Å². The molecule has 2 N–H and O–H groups in total. The highest BCUT2D eigenvalue weighted by molar-refractivity contribution is 6.30. The summed E-state index contributed by atoms with van der Waals surface area (Å²) in [7, 11) is 0. The highest BCUT2D eigenvalue weighted by atomic mass is 35.5. The molecule has 1 unspecified atom stereocenters. The number of hydrogen-bond acceptors (Lipinski definition) is 2. The first kappa shape index (κ1) is 12.1. The standard InChI is InChI=1S/C13H13ClFNO/c1-8(16)6-10-3-5-13(17-10)9-2-4-11(14)12(15)7-9/h2-5,7-8H,6,16H2,1H3. The second-order valence-electron chi connectivity index (χ2n) is 4.08. The predicted octanol–water partition coefficient (Wildman–Crippen LogP) is 3.63. The third-order valence-electron chi connectivity index (χ3n) is 2.39. The quantitative estimate of drug-likeness (QED) is 0.907. The summed E-state index contributed by atoms with van der Waals surface area (Å²) in [5, 5.41) is 0.108. The van der Waals surface area contributed by atoms with Crippen molar-refractivity contribution in [3.8, 4) is 11.3 Å². The Balaban J connectivity index is 2.27. The van der Waals surface area contributed by atoms with Crippen molar-refractivity contribution in [1.29, 1.82) is 0 Å². The maximum absolute atomic E-state index is 13.3. The Bertz CT molecular complexity index is 522. The summed E-state index contributed by atoms with van der Waals surface area (Å²) >= 11 is 5.62. The fraction of sp³-hybridized carbons (Fsp3) is 0.231. The van der Waals surface area contributed by atoms with E-state index in [0.29, 0.717) is 17.7 Å². The lowest BCUT2D eigenvalue weighted by Gasteiger charge is -2.01. The molecule has 0 aliphatic carbocycles. The van der Waals surface area contributed by atoms with Crippen LogP contribution in [0.2, 0.25) is 5.02 Å². The maximum atomic E-state index is 13.3. The number of halogens is 2. The molecule has 0 radical (unpaired) electrons. The summed E-state index contributed by atoms with van der Waals surface area (Å²) in [4.78, 5) is 0.